The van der Waals surface area contributed by atoms with Crippen LogP contribution < -0.4 is 4.74 Å². The fourth-order valence-electron chi connectivity index (χ4n) is 2.20. The van der Waals surface area contributed by atoms with Gasteiger partial charge in [0.2, 0.25) is 5.88 Å². The van der Waals surface area contributed by atoms with Crippen molar-refractivity contribution in [2.24, 2.45) is 0 Å². The van der Waals surface area contributed by atoms with Crippen molar-refractivity contribution in [1.29, 1.82) is 0 Å². The molecule has 0 spiro atoms. The first kappa shape index (κ1) is 12.9. The van der Waals surface area contributed by atoms with Crippen molar-refractivity contribution < 1.29 is 4.74 Å². The van der Waals surface area contributed by atoms with Crippen molar-refractivity contribution in [3.8, 4) is 5.88 Å². The third-order valence-corrected chi connectivity index (χ3v) is 3.43. The van der Waals surface area contributed by atoms with Gasteiger partial charge < -0.3 is 14.6 Å². The highest BCUT2D eigenvalue weighted by atomic mass is 16.5. The summed E-state index contributed by atoms with van der Waals surface area (Å²) in [4.78, 5) is 9.89. The summed E-state index contributed by atoms with van der Waals surface area (Å²) in [6.45, 7) is 7.69. The van der Waals surface area contributed by atoms with Crippen LogP contribution in [0.25, 0.3) is 10.9 Å². The fourth-order valence-corrected chi connectivity index (χ4v) is 2.20. The van der Waals surface area contributed by atoms with Crippen LogP contribution in [0.5, 0.6) is 5.88 Å². The van der Waals surface area contributed by atoms with Gasteiger partial charge in [-0.25, -0.2) is 4.98 Å². The number of aromatic nitrogens is 2. The summed E-state index contributed by atoms with van der Waals surface area (Å²) in [5, 5.41) is 1.22. The van der Waals surface area contributed by atoms with E-state index in [1.54, 1.807) is 7.11 Å². The average Bonchev–Trinajstić information content (AvgIpc) is 2.82. The molecule has 0 saturated heterocycles. The lowest BCUT2D eigenvalue weighted by Crippen LogP contribution is -2.25. The third kappa shape index (κ3) is 2.64. The van der Waals surface area contributed by atoms with Crippen molar-refractivity contribution in [2.75, 3.05) is 26.7 Å². The SMILES string of the molecule is CCN(CC)CCc1c[nH]c2cnc(OC)cc12. The second-order valence-electron chi connectivity index (χ2n) is 4.36. The molecule has 0 unspecified atom stereocenters. The number of nitrogens with zero attached hydrogens (tertiary/aromatic N) is 2. The van der Waals surface area contributed by atoms with Crippen LogP contribution in [0.1, 0.15) is 19.4 Å². The zero-order chi connectivity index (χ0) is 13.0. The second-order valence-corrected chi connectivity index (χ2v) is 4.36. The Labute approximate surface area is 108 Å². The number of aromatic amines is 1. The maximum atomic E-state index is 5.18. The zero-order valence-corrected chi connectivity index (χ0v) is 11.4. The Balaban J connectivity index is 2.17. The summed E-state index contributed by atoms with van der Waals surface area (Å²) in [6.07, 6.45) is 4.96. The summed E-state index contributed by atoms with van der Waals surface area (Å²) in [6, 6.07) is 2.00. The van der Waals surface area contributed by atoms with E-state index in [0.29, 0.717) is 5.88 Å². The Kier molecular flexibility index (Phi) is 4.20. The van der Waals surface area contributed by atoms with E-state index in [1.165, 1.54) is 10.9 Å². The lowest BCUT2D eigenvalue weighted by Gasteiger charge is -2.17. The van der Waals surface area contributed by atoms with Gasteiger partial charge in [0.25, 0.3) is 0 Å². The molecule has 0 aromatic carbocycles. The minimum atomic E-state index is 0.672. The highest BCUT2D eigenvalue weighted by Gasteiger charge is 2.07. The monoisotopic (exact) mass is 247 g/mol. The van der Waals surface area contributed by atoms with E-state index < -0.39 is 0 Å². The number of H-pyrrole nitrogens is 1. The Bertz CT molecular complexity index is 503. The van der Waals surface area contributed by atoms with Gasteiger partial charge >= 0.3 is 0 Å². The highest BCUT2D eigenvalue weighted by molar-refractivity contribution is 5.83. The van der Waals surface area contributed by atoms with E-state index in [2.05, 4.69) is 34.9 Å². The minimum absolute atomic E-state index is 0.672. The molecule has 1 N–H and O–H groups in total. The van der Waals surface area contributed by atoms with E-state index in [0.717, 1.165) is 31.6 Å². The van der Waals surface area contributed by atoms with Crippen LogP contribution in [0, 0.1) is 0 Å². The maximum Gasteiger partial charge on any atom is 0.213 e. The van der Waals surface area contributed by atoms with E-state index in [9.17, 15) is 0 Å². The third-order valence-electron chi connectivity index (χ3n) is 3.43. The Morgan fingerprint density at radius 3 is 2.78 bits per heavy atom. The van der Waals surface area contributed by atoms with Crippen LogP contribution >= 0.6 is 0 Å². The van der Waals surface area contributed by atoms with Gasteiger partial charge in [0.1, 0.15) is 0 Å². The molecule has 0 atom stereocenters. The molecule has 0 saturated carbocycles. The standard InChI is InChI=1S/C14H21N3O/c1-4-17(5-2)7-6-11-9-15-13-10-16-14(18-3)8-12(11)13/h8-10,15H,4-7H2,1-3H3. The molecule has 2 aromatic heterocycles. The number of hydrogen-bond donors (Lipinski definition) is 1. The normalized spacial score (nSPS) is 11.3. The molecule has 18 heavy (non-hydrogen) atoms. The molecule has 2 aromatic rings. The van der Waals surface area contributed by atoms with Crippen molar-refractivity contribution in [2.45, 2.75) is 20.3 Å². The molecular formula is C14H21N3O. The van der Waals surface area contributed by atoms with Crippen LogP contribution in [0.2, 0.25) is 0 Å². The molecule has 0 amide bonds. The molecule has 0 fully saturated rings. The summed E-state index contributed by atoms with van der Waals surface area (Å²) < 4.78 is 5.18. The smallest absolute Gasteiger partial charge is 0.213 e. The van der Waals surface area contributed by atoms with E-state index >= 15 is 0 Å². The van der Waals surface area contributed by atoms with Crippen LogP contribution in [0.3, 0.4) is 0 Å². The zero-order valence-electron chi connectivity index (χ0n) is 11.4. The number of hydrogen-bond acceptors (Lipinski definition) is 3. The molecule has 0 radical (unpaired) electrons. The molecule has 4 nitrogen and oxygen atoms in total. The topological polar surface area (TPSA) is 41.2 Å². The molecule has 98 valence electrons. The maximum absolute atomic E-state index is 5.18. The lowest BCUT2D eigenvalue weighted by molar-refractivity contribution is 0.308. The van der Waals surface area contributed by atoms with Crippen LogP contribution in [-0.4, -0.2) is 41.6 Å². The Morgan fingerprint density at radius 1 is 1.33 bits per heavy atom. The van der Waals surface area contributed by atoms with Crippen molar-refractivity contribution in [3.63, 3.8) is 0 Å². The summed E-state index contributed by atoms with van der Waals surface area (Å²) in [5.41, 5.74) is 2.41. The summed E-state index contributed by atoms with van der Waals surface area (Å²) >= 11 is 0. The van der Waals surface area contributed by atoms with E-state index in [4.69, 9.17) is 4.74 Å². The molecule has 4 heteroatoms. The van der Waals surface area contributed by atoms with Gasteiger partial charge in [0, 0.05) is 24.2 Å². The van der Waals surface area contributed by atoms with Crippen molar-refractivity contribution >= 4 is 10.9 Å². The second kappa shape index (κ2) is 5.87. The minimum Gasteiger partial charge on any atom is -0.481 e. The molecule has 0 aliphatic carbocycles. The largest absolute Gasteiger partial charge is 0.481 e. The van der Waals surface area contributed by atoms with Gasteiger partial charge in [-0.15, -0.1) is 0 Å². The number of fused-ring (bicyclic) bond motifs is 1. The van der Waals surface area contributed by atoms with Gasteiger partial charge in [-0.05, 0) is 25.1 Å². The van der Waals surface area contributed by atoms with Gasteiger partial charge in [-0.2, -0.15) is 0 Å². The molecule has 2 heterocycles. The summed E-state index contributed by atoms with van der Waals surface area (Å²) in [5.74, 6) is 0.672. The predicted molar refractivity (Wildman–Crippen MR) is 74.1 cm³/mol. The van der Waals surface area contributed by atoms with Gasteiger partial charge in [-0.1, -0.05) is 13.8 Å². The van der Waals surface area contributed by atoms with Crippen LogP contribution in [-0.2, 0) is 6.42 Å². The van der Waals surface area contributed by atoms with Crippen LogP contribution in [0.4, 0.5) is 0 Å². The quantitative estimate of drug-likeness (QED) is 0.852. The number of methoxy groups -OCH3 is 1. The van der Waals surface area contributed by atoms with Gasteiger partial charge in [-0.3, -0.25) is 0 Å². The first-order chi connectivity index (χ1) is 8.78. The predicted octanol–water partition coefficient (Wildman–Crippen LogP) is 2.46. The molecular weight excluding hydrogens is 226 g/mol. The fraction of sp³-hybridized carbons (Fsp3) is 0.500. The Morgan fingerprint density at radius 2 is 2.11 bits per heavy atom. The molecule has 0 aliphatic rings. The average molecular weight is 247 g/mol. The highest BCUT2D eigenvalue weighted by Crippen LogP contribution is 2.21. The molecule has 0 bridgehead atoms. The van der Waals surface area contributed by atoms with Crippen LogP contribution in [0.15, 0.2) is 18.5 Å². The number of rotatable bonds is 6. The number of likely N-dealkylation sites (N-methyl/N-ethyl adjacent to an activating group) is 1. The summed E-state index contributed by atoms with van der Waals surface area (Å²) in [7, 11) is 1.65. The Hall–Kier alpha value is -1.55. The van der Waals surface area contributed by atoms with E-state index in [-0.39, 0.29) is 0 Å². The lowest BCUT2D eigenvalue weighted by atomic mass is 10.1. The number of nitrogens with one attached hydrogen (secondary N) is 1. The first-order valence-electron chi connectivity index (χ1n) is 6.50. The van der Waals surface area contributed by atoms with Crippen molar-refractivity contribution in [1.82, 2.24) is 14.9 Å². The number of pyridine rings is 1. The van der Waals surface area contributed by atoms with E-state index in [1.807, 2.05) is 12.3 Å². The first-order valence-corrected chi connectivity index (χ1v) is 6.50. The van der Waals surface area contributed by atoms with Gasteiger partial charge in [0.15, 0.2) is 0 Å². The van der Waals surface area contributed by atoms with Crippen molar-refractivity contribution in [3.05, 3.63) is 24.0 Å². The van der Waals surface area contributed by atoms with Gasteiger partial charge in [0.05, 0.1) is 18.8 Å². The molecule has 0 aliphatic heterocycles. The number of ether oxygens (including phenoxy) is 1. The molecule has 2 rings (SSSR count).